The highest BCUT2D eigenvalue weighted by atomic mass is 32.2. The number of benzene rings is 1. The molecule has 4 nitrogen and oxygen atoms in total. The van der Waals surface area contributed by atoms with Crippen molar-refractivity contribution in [3.63, 3.8) is 0 Å². The number of nitrogens with zero attached hydrogens (tertiary/aromatic N) is 1. The Bertz CT molecular complexity index is 563. The van der Waals surface area contributed by atoms with E-state index >= 15 is 0 Å². The number of nitrogens with two attached hydrogens (primary N) is 1. The van der Waals surface area contributed by atoms with Gasteiger partial charge in [0.05, 0.1) is 0 Å². The van der Waals surface area contributed by atoms with Crippen LogP contribution in [-0.2, 0) is 10.0 Å². The smallest absolute Gasteiger partial charge is 0.224 e. The molecule has 0 saturated carbocycles. The minimum Gasteiger partial charge on any atom is -0.328 e. The lowest BCUT2D eigenvalue weighted by atomic mass is 10.1. The maximum absolute atomic E-state index is 12.9. The van der Waals surface area contributed by atoms with Crippen LogP contribution < -0.4 is 5.73 Å². The second-order valence-electron chi connectivity index (χ2n) is 4.99. The molecule has 110 valence electrons. The molecule has 1 saturated heterocycles. The number of sulfonamides is 1. The van der Waals surface area contributed by atoms with E-state index in [1.54, 1.807) is 0 Å². The molecule has 20 heavy (non-hydrogen) atoms. The zero-order valence-corrected chi connectivity index (χ0v) is 12.0. The van der Waals surface area contributed by atoms with Gasteiger partial charge in [0.15, 0.2) is 0 Å². The van der Waals surface area contributed by atoms with E-state index < -0.39 is 21.1 Å². The van der Waals surface area contributed by atoms with Gasteiger partial charge in [0.1, 0.15) is 11.1 Å². The molecule has 6 heteroatoms. The van der Waals surface area contributed by atoms with Crippen LogP contribution >= 0.6 is 0 Å². The molecule has 0 aromatic heterocycles. The Balaban J connectivity index is 2.25. The fourth-order valence-corrected chi connectivity index (χ4v) is 4.16. The van der Waals surface area contributed by atoms with Crippen LogP contribution in [0.25, 0.3) is 0 Å². The van der Waals surface area contributed by atoms with E-state index in [9.17, 15) is 12.8 Å². The average molecular weight is 298 g/mol. The number of piperidine rings is 1. The summed E-state index contributed by atoms with van der Waals surface area (Å²) >= 11 is 0. The molecule has 0 radical (unpaired) electrons. The Kier molecular flexibility index (Phi) is 4.57. The van der Waals surface area contributed by atoms with Gasteiger partial charge < -0.3 is 5.73 Å². The number of halogens is 1. The number of hydrogen-bond donors (Lipinski definition) is 1. The van der Waals surface area contributed by atoms with Crippen LogP contribution in [0.5, 0.6) is 0 Å². The van der Waals surface area contributed by atoms with Crippen LogP contribution in [0.3, 0.4) is 0 Å². The highest BCUT2D eigenvalue weighted by molar-refractivity contribution is 7.89. The van der Waals surface area contributed by atoms with Crippen LogP contribution in [0.15, 0.2) is 36.9 Å². The molecule has 0 spiro atoms. The van der Waals surface area contributed by atoms with Gasteiger partial charge in [0.2, 0.25) is 10.0 Å². The van der Waals surface area contributed by atoms with E-state index in [0.717, 1.165) is 0 Å². The largest absolute Gasteiger partial charge is 0.328 e. The summed E-state index contributed by atoms with van der Waals surface area (Å²) in [6.45, 7) is 4.46. The Hall–Kier alpha value is -1.24. The highest BCUT2D eigenvalue weighted by Gasteiger charge is 2.33. The van der Waals surface area contributed by atoms with Crippen molar-refractivity contribution < 1.29 is 12.8 Å². The first-order chi connectivity index (χ1) is 9.45. The summed E-state index contributed by atoms with van der Waals surface area (Å²) in [6, 6.07) is 5.54. The summed E-state index contributed by atoms with van der Waals surface area (Å²) in [7, 11) is -3.53. The number of rotatable bonds is 4. The van der Waals surface area contributed by atoms with Crippen molar-refractivity contribution in [3.05, 3.63) is 48.3 Å². The van der Waals surface area contributed by atoms with E-state index in [2.05, 4.69) is 6.58 Å². The molecule has 1 fully saturated rings. The highest BCUT2D eigenvalue weighted by Crippen LogP contribution is 2.28. The van der Waals surface area contributed by atoms with Crippen molar-refractivity contribution in [1.82, 2.24) is 4.31 Å². The molecule has 2 N–H and O–H groups in total. The Labute approximate surface area is 119 Å². The molecule has 0 aliphatic carbocycles. The molecule has 1 atom stereocenters. The van der Waals surface area contributed by atoms with E-state index in [4.69, 9.17) is 5.73 Å². The Morgan fingerprint density at radius 1 is 1.30 bits per heavy atom. The third-order valence-corrected chi connectivity index (χ3v) is 5.78. The van der Waals surface area contributed by atoms with Crippen LogP contribution in [-0.4, -0.2) is 31.9 Å². The summed E-state index contributed by atoms with van der Waals surface area (Å²) in [6.07, 6.45) is 2.70. The fraction of sp³-hybridized carbons (Fsp3) is 0.429. The molecule has 0 bridgehead atoms. The quantitative estimate of drug-likeness (QED) is 0.862. The molecule has 0 amide bonds. The van der Waals surface area contributed by atoms with Crippen molar-refractivity contribution >= 4 is 10.0 Å². The minimum atomic E-state index is -3.53. The molecule has 1 aliphatic rings. The van der Waals surface area contributed by atoms with Gasteiger partial charge in [-0.25, -0.2) is 17.1 Å². The van der Waals surface area contributed by atoms with Crippen molar-refractivity contribution in [2.24, 2.45) is 5.73 Å². The third kappa shape index (κ3) is 3.08. The first-order valence-electron chi connectivity index (χ1n) is 6.57. The minimum absolute atomic E-state index is 0.0643. The molecular weight excluding hydrogens is 279 g/mol. The maximum Gasteiger partial charge on any atom is 0.224 e. The summed E-state index contributed by atoms with van der Waals surface area (Å²) in [5.41, 5.74) is 6.32. The lowest BCUT2D eigenvalue weighted by Crippen LogP contribution is -2.44. The van der Waals surface area contributed by atoms with Crippen molar-refractivity contribution in [2.45, 2.75) is 24.1 Å². The fourth-order valence-electron chi connectivity index (χ4n) is 2.37. The lowest BCUT2D eigenvalue weighted by Gasteiger charge is -2.31. The second-order valence-corrected chi connectivity index (χ2v) is 7.04. The summed E-state index contributed by atoms with van der Waals surface area (Å²) in [5.74, 6) is -0.391. The molecule has 1 heterocycles. The van der Waals surface area contributed by atoms with Gasteiger partial charge in [-0.3, -0.25) is 0 Å². The van der Waals surface area contributed by atoms with Crippen LogP contribution in [0.2, 0.25) is 0 Å². The molecule has 1 unspecified atom stereocenters. The van der Waals surface area contributed by atoms with Crippen molar-refractivity contribution in [3.8, 4) is 0 Å². The van der Waals surface area contributed by atoms with Crippen LogP contribution in [0.1, 0.15) is 23.7 Å². The normalized spacial score (nSPS) is 19.7. The van der Waals surface area contributed by atoms with E-state index in [1.165, 1.54) is 34.6 Å². The van der Waals surface area contributed by atoms with E-state index in [0.29, 0.717) is 31.5 Å². The predicted molar refractivity (Wildman–Crippen MR) is 77.0 cm³/mol. The van der Waals surface area contributed by atoms with Gasteiger partial charge in [-0.15, -0.1) is 6.58 Å². The molecular formula is C14H19FN2O2S. The third-order valence-electron chi connectivity index (χ3n) is 3.59. The van der Waals surface area contributed by atoms with Gasteiger partial charge >= 0.3 is 0 Å². The Morgan fingerprint density at radius 3 is 2.35 bits per heavy atom. The topological polar surface area (TPSA) is 63.4 Å². The zero-order valence-electron chi connectivity index (χ0n) is 11.2. The van der Waals surface area contributed by atoms with Gasteiger partial charge in [0.25, 0.3) is 0 Å². The summed E-state index contributed by atoms with van der Waals surface area (Å²) in [5, 5.41) is -0.850. The summed E-state index contributed by atoms with van der Waals surface area (Å²) < 4.78 is 39.7. The van der Waals surface area contributed by atoms with Crippen molar-refractivity contribution in [1.29, 1.82) is 0 Å². The van der Waals surface area contributed by atoms with Crippen LogP contribution in [0, 0.1) is 5.82 Å². The average Bonchev–Trinajstić information content (AvgIpc) is 2.42. The molecule has 1 aromatic rings. The van der Waals surface area contributed by atoms with Crippen molar-refractivity contribution in [2.75, 3.05) is 13.1 Å². The lowest BCUT2D eigenvalue weighted by molar-refractivity contribution is 0.318. The Morgan fingerprint density at radius 2 is 1.85 bits per heavy atom. The summed E-state index contributed by atoms with van der Waals surface area (Å²) in [4.78, 5) is 0. The number of hydrogen-bond acceptors (Lipinski definition) is 3. The monoisotopic (exact) mass is 298 g/mol. The van der Waals surface area contributed by atoms with Crippen LogP contribution in [0.4, 0.5) is 4.39 Å². The molecule has 1 aliphatic heterocycles. The second kappa shape index (κ2) is 6.03. The van der Waals surface area contributed by atoms with E-state index in [-0.39, 0.29) is 6.04 Å². The maximum atomic E-state index is 12.9. The molecule has 1 aromatic carbocycles. The van der Waals surface area contributed by atoms with Gasteiger partial charge in [-0.2, -0.15) is 0 Å². The zero-order chi connectivity index (χ0) is 14.8. The van der Waals surface area contributed by atoms with E-state index in [1.807, 2.05) is 0 Å². The first kappa shape index (κ1) is 15.2. The SMILES string of the molecule is C=CC(c1ccc(F)cc1)S(=O)(=O)N1CCC(N)CC1. The first-order valence-corrected chi connectivity index (χ1v) is 8.08. The van der Waals surface area contributed by atoms with Gasteiger partial charge in [0, 0.05) is 19.1 Å². The molecule has 2 rings (SSSR count). The van der Waals surface area contributed by atoms with Gasteiger partial charge in [-0.1, -0.05) is 18.2 Å². The standard InChI is InChI=1S/C14H19FN2O2S/c1-2-14(11-3-5-12(15)6-4-11)20(18,19)17-9-7-13(16)8-10-17/h2-6,13-14H,1,7-10,16H2. The van der Waals surface area contributed by atoms with Gasteiger partial charge in [-0.05, 0) is 30.5 Å². The predicted octanol–water partition coefficient (Wildman–Crippen LogP) is 1.81.